The minimum Gasteiger partial charge on any atom is -0.504 e. The summed E-state index contributed by atoms with van der Waals surface area (Å²) in [6.07, 6.45) is 6.04. The monoisotopic (exact) mass is 336 g/mol. The van der Waals surface area contributed by atoms with E-state index < -0.39 is 0 Å². The fourth-order valence-electron chi connectivity index (χ4n) is 3.23. The van der Waals surface area contributed by atoms with Gasteiger partial charge in [-0.3, -0.25) is 0 Å². The molecule has 4 nitrogen and oxygen atoms in total. The van der Waals surface area contributed by atoms with E-state index in [1.807, 2.05) is 6.92 Å². The van der Waals surface area contributed by atoms with E-state index in [1.165, 1.54) is 19.8 Å². The zero-order valence-corrected chi connectivity index (χ0v) is 16.1. The first-order valence-corrected chi connectivity index (χ1v) is 8.59. The molecule has 2 N–H and O–H groups in total. The van der Waals surface area contributed by atoms with Crippen molar-refractivity contribution in [3.63, 3.8) is 0 Å². The summed E-state index contributed by atoms with van der Waals surface area (Å²) in [6.45, 7) is 10.3. The molecule has 1 aromatic rings. The second-order valence-electron chi connectivity index (χ2n) is 6.68. The van der Waals surface area contributed by atoms with E-state index in [4.69, 9.17) is 9.47 Å². The number of aromatic hydroxyl groups is 2. The van der Waals surface area contributed by atoms with Crippen LogP contribution in [0.1, 0.15) is 64.5 Å². The lowest BCUT2D eigenvalue weighted by Gasteiger charge is -2.32. The van der Waals surface area contributed by atoms with Crippen LogP contribution in [-0.2, 0) is 5.41 Å². The number of phenolic OH excluding ortho intramolecular Hbond substituents is 2. The van der Waals surface area contributed by atoms with Gasteiger partial charge >= 0.3 is 0 Å². The van der Waals surface area contributed by atoms with Crippen LogP contribution in [0.25, 0.3) is 0 Å². The Balaban J connectivity index is 3.51. The number of allylic oxidation sites excluding steroid dienone is 2. The highest BCUT2D eigenvalue weighted by atomic mass is 16.5. The lowest BCUT2D eigenvalue weighted by atomic mass is 9.74. The smallest absolute Gasteiger partial charge is 0.207 e. The summed E-state index contributed by atoms with van der Waals surface area (Å²) in [5.74, 6) is 0.434. The maximum atomic E-state index is 10.8. The molecule has 0 aliphatic carbocycles. The fraction of sp³-hybridized carbons (Fsp3) is 0.600. The maximum absolute atomic E-state index is 10.8. The van der Waals surface area contributed by atoms with E-state index in [9.17, 15) is 10.2 Å². The molecule has 24 heavy (non-hydrogen) atoms. The molecule has 0 aliphatic rings. The molecular formula is C20H32O4. The van der Waals surface area contributed by atoms with Crippen molar-refractivity contribution in [1.82, 2.24) is 0 Å². The molecule has 4 heteroatoms. The third-order valence-corrected chi connectivity index (χ3v) is 4.94. The van der Waals surface area contributed by atoms with Crippen LogP contribution < -0.4 is 9.47 Å². The van der Waals surface area contributed by atoms with Gasteiger partial charge in [0.1, 0.15) is 0 Å². The van der Waals surface area contributed by atoms with E-state index >= 15 is 0 Å². The van der Waals surface area contributed by atoms with Crippen LogP contribution in [0.4, 0.5) is 0 Å². The van der Waals surface area contributed by atoms with Crippen LogP contribution in [0.3, 0.4) is 0 Å². The van der Waals surface area contributed by atoms with Gasteiger partial charge in [0.05, 0.1) is 14.2 Å². The molecule has 0 aromatic heterocycles. The summed E-state index contributed by atoms with van der Waals surface area (Å²) in [6, 6.07) is 0. The minimum atomic E-state index is -0.305. The average molecular weight is 336 g/mol. The van der Waals surface area contributed by atoms with Gasteiger partial charge in [-0.1, -0.05) is 38.8 Å². The van der Waals surface area contributed by atoms with Crippen molar-refractivity contribution in [1.29, 1.82) is 0 Å². The van der Waals surface area contributed by atoms with Crippen molar-refractivity contribution >= 4 is 0 Å². The molecule has 0 spiro atoms. The normalized spacial score (nSPS) is 14.4. The molecule has 1 atom stereocenters. The van der Waals surface area contributed by atoms with E-state index in [0.717, 1.165) is 31.2 Å². The van der Waals surface area contributed by atoms with E-state index in [0.29, 0.717) is 5.56 Å². The second kappa shape index (κ2) is 8.32. The molecule has 136 valence electrons. The first-order chi connectivity index (χ1) is 11.3. The van der Waals surface area contributed by atoms with Gasteiger partial charge in [0.25, 0.3) is 0 Å². The molecule has 0 bridgehead atoms. The van der Waals surface area contributed by atoms with Gasteiger partial charge in [0.2, 0.25) is 11.5 Å². The molecule has 1 aromatic carbocycles. The second-order valence-corrected chi connectivity index (χ2v) is 6.68. The number of benzene rings is 1. The van der Waals surface area contributed by atoms with Crippen LogP contribution in [-0.4, -0.2) is 24.4 Å². The minimum absolute atomic E-state index is 0.0242. The number of methoxy groups -OCH3 is 2. The highest BCUT2D eigenvalue weighted by Gasteiger charge is 2.34. The molecule has 0 heterocycles. The zero-order valence-electron chi connectivity index (χ0n) is 16.1. The largest absolute Gasteiger partial charge is 0.504 e. The SMILES string of the molecule is CCC/C(C)=C/CC(C)(CC)c1c(C)c(O)c(OC)c(OC)c1O. The van der Waals surface area contributed by atoms with Crippen molar-refractivity contribution in [2.24, 2.45) is 0 Å². The van der Waals surface area contributed by atoms with Crippen molar-refractivity contribution in [2.75, 3.05) is 14.2 Å². The van der Waals surface area contributed by atoms with Gasteiger partial charge in [0.15, 0.2) is 11.5 Å². The van der Waals surface area contributed by atoms with Crippen molar-refractivity contribution in [3.05, 3.63) is 22.8 Å². The molecule has 1 rings (SSSR count). The van der Waals surface area contributed by atoms with Crippen LogP contribution in [0, 0.1) is 6.92 Å². The molecule has 0 amide bonds. The summed E-state index contributed by atoms with van der Waals surface area (Å²) in [4.78, 5) is 0. The Kier molecular flexibility index (Phi) is 7.00. The van der Waals surface area contributed by atoms with Crippen LogP contribution >= 0.6 is 0 Å². The molecule has 1 unspecified atom stereocenters. The van der Waals surface area contributed by atoms with Crippen molar-refractivity contribution in [2.45, 2.75) is 65.7 Å². The average Bonchev–Trinajstić information content (AvgIpc) is 2.56. The maximum Gasteiger partial charge on any atom is 0.207 e. The Morgan fingerprint density at radius 1 is 1.08 bits per heavy atom. The van der Waals surface area contributed by atoms with Gasteiger partial charge in [-0.25, -0.2) is 0 Å². The number of phenols is 2. The van der Waals surface area contributed by atoms with Crippen LogP contribution in [0.15, 0.2) is 11.6 Å². The zero-order chi connectivity index (χ0) is 18.5. The van der Waals surface area contributed by atoms with E-state index in [1.54, 1.807) is 0 Å². The third-order valence-electron chi connectivity index (χ3n) is 4.94. The van der Waals surface area contributed by atoms with E-state index in [-0.39, 0.29) is 28.4 Å². The summed E-state index contributed by atoms with van der Waals surface area (Å²) >= 11 is 0. The number of hydrogen-bond donors (Lipinski definition) is 2. The van der Waals surface area contributed by atoms with E-state index in [2.05, 4.69) is 33.8 Å². The third kappa shape index (κ3) is 3.80. The Labute approximate surface area is 146 Å². The topological polar surface area (TPSA) is 58.9 Å². The number of ether oxygens (including phenoxy) is 2. The summed E-state index contributed by atoms with van der Waals surface area (Å²) in [5, 5.41) is 21.3. The predicted molar refractivity (Wildman–Crippen MR) is 98.5 cm³/mol. The first-order valence-electron chi connectivity index (χ1n) is 8.59. The molecule has 0 fully saturated rings. The van der Waals surface area contributed by atoms with Crippen LogP contribution in [0.5, 0.6) is 23.0 Å². The lowest BCUT2D eigenvalue weighted by Crippen LogP contribution is -2.22. The Morgan fingerprint density at radius 3 is 2.08 bits per heavy atom. The predicted octanol–water partition coefficient (Wildman–Crippen LogP) is 5.23. The van der Waals surface area contributed by atoms with Crippen LogP contribution in [0.2, 0.25) is 0 Å². The van der Waals surface area contributed by atoms with Gasteiger partial charge < -0.3 is 19.7 Å². The summed E-state index contributed by atoms with van der Waals surface area (Å²) in [7, 11) is 2.91. The lowest BCUT2D eigenvalue weighted by molar-refractivity contribution is 0.306. The summed E-state index contributed by atoms with van der Waals surface area (Å²) in [5.41, 5.74) is 2.40. The van der Waals surface area contributed by atoms with Crippen molar-refractivity contribution < 1.29 is 19.7 Å². The molecule has 0 radical (unpaired) electrons. The number of hydrogen-bond acceptors (Lipinski definition) is 4. The summed E-state index contributed by atoms with van der Waals surface area (Å²) < 4.78 is 10.5. The van der Waals surface area contributed by atoms with Gasteiger partial charge in [-0.05, 0) is 38.5 Å². The fourth-order valence-corrected chi connectivity index (χ4v) is 3.23. The number of rotatable bonds is 8. The quantitative estimate of drug-likeness (QED) is 0.504. The molecule has 0 saturated heterocycles. The van der Waals surface area contributed by atoms with Gasteiger partial charge in [0, 0.05) is 11.1 Å². The highest BCUT2D eigenvalue weighted by Crippen LogP contribution is 2.53. The van der Waals surface area contributed by atoms with Gasteiger partial charge in [-0.15, -0.1) is 0 Å². The van der Waals surface area contributed by atoms with Crippen molar-refractivity contribution in [3.8, 4) is 23.0 Å². The molecular weight excluding hydrogens is 304 g/mol. The Hall–Kier alpha value is -1.84. The van der Waals surface area contributed by atoms with Gasteiger partial charge in [-0.2, -0.15) is 0 Å². The molecule has 0 saturated carbocycles. The first kappa shape index (κ1) is 20.2. The Morgan fingerprint density at radius 2 is 1.62 bits per heavy atom. The Bertz CT molecular complexity index is 604. The highest BCUT2D eigenvalue weighted by molar-refractivity contribution is 5.67. The molecule has 0 aliphatic heterocycles. The standard InChI is InChI=1S/C20H32O4/c1-8-10-13(3)11-12-20(5,9-2)15-14(4)16(21)18(23-6)19(24-7)17(15)22/h11,21-22H,8-10,12H2,1-7H3/b13-11+.